The van der Waals surface area contributed by atoms with Crippen LogP contribution in [0.2, 0.25) is 0 Å². The average molecular weight is 354 g/mol. The molecule has 26 heavy (non-hydrogen) atoms. The van der Waals surface area contributed by atoms with Crippen molar-refractivity contribution in [2.75, 3.05) is 44.2 Å². The number of aromatic nitrogens is 1. The number of nitrogens with zero attached hydrogens (tertiary/aromatic N) is 4. The van der Waals surface area contributed by atoms with Crippen molar-refractivity contribution in [3.63, 3.8) is 0 Å². The van der Waals surface area contributed by atoms with E-state index in [0.29, 0.717) is 0 Å². The van der Waals surface area contributed by atoms with E-state index in [1.807, 2.05) is 28.1 Å². The average Bonchev–Trinajstić information content (AvgIpc) is 3.11. The zero-order valence-corrected chi connectivity index (χ0v) is 15.4. The molecule has 2 fully saturated rings. The molecule has 0 atom stereocenters. The van der Waals surface area contributed by atoms with E-state index in [0.717, 1.165) is 69.0 Å². The molecule has 4 heterocycles. The Kier molecular flexibility index (Phi) is 4.57. The monoisotopic (exact) mass is 354 g/mol. The lowest BCUT2D eigenvalue weighted by Crippen LogP contribution is -2.48. The van der Waals surface area contributed by atoms with Gasteiger partial charge in [-0.05, 0) is 43.5 Å². The normalized spacial score (nSPS) is 18.4. The van der Waals surface area contributed by atoms with Crippen molar-refractivity contribution in [2.24, 2.45) is 0 Å². The highest BCUT2D eigenvalue weighted by Gasteiger charge is 2.22. The number of hydrogen-bond acceptors (Lipinski definition) is 3. The summed E-state index contributed by atoms with van der Waals surface area (Å²) >= 11 is 0. The molecule has 0 aliphatic carbocycles. The van der Waals surface area contributed by atoms with Gasteiger partial charge in [-0.3, -0.25) is 9.59 Å². The second kappa shape index (κ2) is 7.02. The number of amides is 2. The topological polar surface area (TPSA) is 48.3 Å². The fraction of sp³-hybridized carbons (Fsp3) is 0.500. The van der Waals surface area contributed by atoms with Crippen molar-refractivity contribution >= 4 is 23.1 Å². The minimum absolute atomic E-state index is 0.132. The van der Waals surface area contributed by atoms with Gasteiger partial charge in [-0.25, -0.2) is 0 Å². The van der Waals surface area contributed by atoms with Crippen LogP contribution in [0.15, 0.2) is 30.5 Å². The summed E-state index contributed by atoms with van der Waals surface area (Å²) in [6.45, 7) is 6.47. The molecular weight excluding hydrogens is 328 g/mol. The summed E-state index contributed by atoms with van der Waals surface area (Å²) < 4.78 is 2.11. The van der Waals surface area contributed by atoms with Gasteiger partial charge in [0.05, 0.1) is 5.56 Å². The van der Waals surface area contributed by atoms with Gasteiger partial charge in [-0.2, -0.15) is 0 Å². The lowest BCUT2D eigenvalue weighted by molar-refractivity contribution is -0.129. The van der Waals surface area contributed by atoms with Crippen molar-refractivity contribution in [3.05, 3.63) is 36.0 Å². The smallest absolute Gasteiger partial charge is 0.255 e. The molecule has 0 saturated carbocycles. The first kappa shape index (κ1) is 16.9. The summed E-state index contributed by atoms with van der Waals surface area (Å²) in [6.07, 6.45) is 5.39. The van der Waals surface area contributed by atoms with Crippen LogP contribution in [-0.4, -0.2) is 65.3 Å². The fourth-order valence-electron chi connectivity index (χ4n) is 4.00. The Hall–Kier alpha value is -2.50. The van der Waals surface area contributed by atoms with Gasteiger partial charge >= 0.3 is 0 Å². The van der Waals surface area contributed by atoms with Crippen LogP contribution in [0.4, 0.5) is 5.82 Å². The Morgan fingerprint density at radius 1 is 0.808 bits per heavy atom. The third-order valence-electron chi connectivity index (χ3n) is 5.57. The molecular formula is C20H26N4O2. The number of hydrogen-bond donors (Lipinski definition) is 0. The summed E-state index contributed by atoms with van der Waals surface area (Å²) in [5.41, 5.74) is 1.84. The minimum atomic E-state index is 0.132. The number of rotatable bonds is 2. The van der Waals surface area contributed by atoms with Crippen molar-refractivity contribution in [1.82, 2.24) is 14.2 Å². The van der Waals surface area contributed by atoms with Gasteiger partial charge in [-0.1, -0.05) is 0 Å². The Bertz CT molecular complexity index is 814. The van der Waals surface area contributed by atoms with E-state index in [1.54, 1.807) is 6.92 Å². The number of pyridine rings is 1. The maximum Gasteiger partial charge on any atom is 0.255 e. The molecule has 138 valence electrons. The highest BCUT2D eigenvalue weighted by molar-refractivity contribution is 5.94. The third-order valence-corrected chi connectivity index (χ3v) is 5.57. The molecule has 2 amide bonds. The lowest BCUT2D eigenvalue weighted by atomic mass is 10.1. The Morgan fingerprint density at radius 2 is 1.50 bits per heavy atom. The Balaban J connectivity index is 1.57. The number of anilines is 1. The molecule has 0 N–H and O–H groups in total. The molecule has 6 nitrogen and oxygen atoms in total. The molecule has 2 aromatic rings. The molecule has 2 saturated heterocycles. The zero-order valence-electron chi connectivity index (χ0n) is 15.4. The van der Waals surface area contributed by atoms with Gasteiger partial charge < -0.3 is 19.1 Å². The molecule has 0 radical (unpaired) electrons. The maximum absolute atomic E-state index is 12.8. The van der Waals surface area contributed by atoms with Crippen molar-refractivity contribution in [1.29, 1.82) is 0 Å². The van der Waals surface area contributed by atoms with Gasteiger partial charge in [0.25, 0.3) is 5.91 Å². The van der Waals surface area contributed by atoms with E-state index in [2.05, 4.69) is 21.4 Å². The van der Waals surface area contributed by atoms with Crippen LogP contribution in [0.5, 0.6) is 0 Å². The summed E-state index contributed by atoms with van der Waals surface area (Å²) in [7, 11) is 0. The van der Waals surface area contributed by atoms with E-state index in [1.165, 1.54) is 6.42 Å². The largest absolute Gasteiger partial charge is 0.354 e. The van der Waals surface area contributed by atoms with Crippen molar-refractivity contribution in [2.45, 2.75) is 26.2 Å². The first-order valence-electron chi connectivity index (χ1n) is 9.54. The van der Waals surface area contributed by atoms with Crippen LogP contribution in [0, 0.1) is 0 Å². The molecule has 0 unspecified atom stereocenters. The van der Waals surface area contributed by atoms with Gasteiger partial charge in [0.1, 0.15) is 5.82 Å². The highest BCUT2D eigenvalue weighted by atomic mass is 16.2. The van der Waals surface area contributed by atoms with Crippen LogP contribution in [0.3, 0.4) is 0 Å². The minimum Gasteiger partial charge on any atom is -0.354 e. The third kappa shape index (κ3) is 3.16. The molecule has 0 spiro atoms. The lowest BCUT2D eigenvalue weighted by Gasteiger charge is -2.35. The first-order chi connectivity index (χ1) is 12.6. The summed E-state index contributed by atoms with van der Waals surface area (Å²) in [5.74, 6) is 1.36. The maximum atomic E-state index is 12.8. The second-order valence-corrected chi connectivity index (χ2v) is 7.25. The van der Waals surface area contributed by atoms with Crippen LogP contribution < -0.4 is 4.90 Å². The highest BCUT2D eigenvalue weighted by Crippen LogP contribution is 2.23. The zero-order chi connectivity index (χ0) is 18.1. The van der Waals surface area contributed by atoms with Crippen LogP contribution in [0.25, 0.3) is 5.52 Å². The SMILES string of the molecule is CC(=O)N1CCN(c2ccc3ccc(C(=O)N4CCCCC4)cn23)CC1. The van der Waals surface area contributed by atoms with Crippen molar-refractivity contribution in [3.8, 4) is 0 Å². The van der Waals surface area contributed by atoms with Gasteiger partial charge in [0.2, 0.25) is 5.91 Å². The van der Waals surface area contributed by atoms with Gasteiger partial charge in [0, 0.05) is 57.9 Å². The number of carbonyl (C=O) groups excluding carboxylic acids is 2. The summed E-state index contributed by atoms with van der Waals surface area (Å²) in [5, 5.41) is 0. The van der Waals surface area contributed by atoms with Crippen LogP contribution >= 0.6 is 0 Å². The van der Waals surface area contributed by atoms with E-state index < -0.39 is 0 Å². The number of likely N-dealkylation sites (tertiary alicyclic amines) is 1. The molecule has 2 aliphatic rings. The molecule has 2 aliphatic heterocycles. The van der Waals surface area contributed by atoms with E-state index in [9.17, 15) is 9.59 Å². The standard InChI is InChI=1S/C20H26N4O2/c1-16(25)21-11-13-22(14-12-21)19-8-7-18-6-5-17(15-24(18)19)20(26)23-9-3-2-4-10-23/h5-8,15H,2-4,9-14H2,1H3. The number of fused-ring (bicyclic) bond motifs is 1. The quantitative estimate of drug-likeness (QED) is 0.831. The predicted octanol–water partition coefficient (Wildman–Crippen LogP) is 2.23. The summed E-state index contributed by atoms with van der Waals surface area (Å²) in [6, 6.07) is 8.14. The predicted molar refractivity (Wildman–Crippen MR) is 102 cm³/mol. The number of piperidine rings is 1. The van der Waals surface area contributed by atoms with Gasteiger partial charge in [-0.15, -0.1) is 0 Å². The van der Waals surface area contributed by atoms with E-state index >= 15 is 0 Å². The van der Waals surface area contributed by atoms with Crippen molar-refractivity contribution < 1.29 is 9.59 Å². The number of carbonyl (C=O) groups is 2. The molecule has 6 heteroatoms. The van der Waals surface area contributed by atoms with Crippen LogP contribution in [-0.2, 0) is 4.79 Å². The molecule has 4 rings (SSSR count). The van der Waals surface area contributed by atoms with Gasteiger partial charge in [0.15, 0.2) is 0 Å². The Morgan fingerprint density at radius 3 is 2.19 bits per heavy atom. The van der Waals surface area contributed by atoms with Crippen LogP contribution in [0.1, 0.15) is 36.5 Å². The summed E-state index contributed by atoms with van der Waals surface area (Å²) in [4.78, 5) is 30.5. The first-order valence-corrected chi connectivity index (χ1v) is 9.54. The molecule has 0 aromatic carbocycles. The second-order valence-electron chi connectivity index (χ2n) is 7.25. The molecule has 2 aromatic heterocycles. The number of piperazine rings is 1. The fourth-order valence-corrected chi connectivity index (χ4v) is 4.00. The van der Waals surface area contributed by atoms with E-state index in [4.69, 9.17) is 0 Å². The Labute approximate surface area is 154 Å². The molecule has 0 bridgehead atoms. The van der Waals surface area contributed by atoms with E-state index in [-0.39, 0.29) is 11.8 Å².